The molecule has 5 heteroatoms. The van der Waals surface area contributed by atoms with E-state index in [1.165, 1.54) is 6.33 Å². The molecule has 5 nitrogen and oxygen atoms in total. The van der Waals surface area contributed by atoms with E-state index in [4.69, 9.17) is 5.11 Å². The van der Waals surface area contributed by atoms with Crippen molar-refractivity contribution < 1.29 is 5.11 Å². The minimum atomic E-state index is 0.164. The normalized spacial score (nSPS) is 14.3. The zero-order valence-electron chi connectivity index (χ0n) is 10.3. The van der Waals surface area contributed by atoms with Crippen molar-refractivity contribution in [3.63, 3.8) is 0 Å². The van der Waals surface area contributed by atoms with Gasteiger partial charge in [0.15, 0.2) is 0 Å². The first-order valence-electron chi connectivity index (χ1n) is 5.46. The van der Waals surface area contributed by atoms with Crippen molar-refractivity contribution >= 4 is 11.6 Å². The van der Waals surface area contributed by atoms with E-state index in [0.29, 0.717) is 0 Å². The van der Waals surface area contributed by atoms with E-state index in [1.807, 2.05) is 27.8 Å². The summed E-state index contributed by atoms with van der Waals surface area (Å²) in [6.45, 7) is 6.15. The fraction of sp³-hybridized carbons (Fsp3) is 0.636. The molecule has 2 unspecified atom stereocenters. The second kappa shape index (κ2) is 5.65. The Morgan fingerprint density at radius 3 is 2.50 bits per heavy atom. The molecule has 0 aromatic carbocycles. The Morgan fingerprint density at radius 1 is 1.31 bits per heavy atom. The molecule has 0 aliphatic heterocycles. The van der Waals surface area contributed by atoms with Crippen LogP contribution in [-0.4, -0.2) is 34.8 Å². The van der Waals surface area contributed by atoms with E-state index in [0.717, 1.165) is 17.2 Å². The molecule has 1 heterocycles. The van der Waals surface area contributed by atoms with Gasteiger partial charge >= 0.3 is 0 Å². The van der Waals surface area contributed by atoms with Gasteiger partial charge in [0.05, 0.1) is 0 Å². The number of aromatic nitrogens is 2. The monoisotopic (exact) mass is 224 g/mol. The SMILES string of the molecule is CNc1ncnc(NC(C)C(C)CO)c1C. The Balaban J connectivity index is 2.81. The van der Waals surface area contributed by atoms with Crippen molar-refractivity contribution in [3.8, 4) is 0 Å². The maximum atomic E-state index is 9.07. The molecule has 1 aromatic heterocycles. The summed E-state index contributed by atoms with van der Waals surface area (Å²) in [5, 5.41) is 15.4. The van der Waals surface area contributed by atoms with Crippen LogP contribution in [0.2, 0.25) is 0 Å². The fourth-order valence-corrected chi connectivity index (χ4v) is 1.36. The van der Waals surface area contributed by atoms with Gasteiger partial charge < -0.3 is 15.7 Å². The Labute approximate surface area is 96.3 Å². The standard InChI is InChI=1S/C11H20N4O/c1-7(5-16)9(3)15-11-8(2)10(12-4)13-6-14-11/h6-7,9,16H,5H2,1-4H3,(H2,12,13,14,15). The molecule has 0 amide bonds. The van der Waals surface area contributed by atoms with E-state index in [9.17, 15) is 0 Å². The highest BCUT2D eigenvalue weighted by Gasteiger charge is 2.13. The second-order valence-corrected chi connectivity index (χ2v) is 4.04. The van der Waals surface area contributed by atoms with Crippen LogP contribution in [0, 0.1) is 12.8 Å². The van der Waals surface area contributed by atoms with Crippen molar-refractivity contribution in [2.75, 3.05) is 24.3 Å². The topological polar surface area (TPSA) is 70.1 Å². The van der Waals surface area contributed by atoms with Crippen LogP contribution in [0.25, 0.3) is 0 Å². The van der Waals surface area contributed by atoms with Crippen LogP contribution >= 0.6 is 0 Å². The van der Waals surface area contributed by atoms with Crippen molar-refractivity contribution in [3.05, 3.63) is 11.9 Å². The Bertz CT molecular complexity index is 343. The lowest BCUT2D eigenvalue weighted by Gasteiger charge is -2.21. The molecule has 0 spiro atoms. The average Bonchev–Trinajstić information content (AvgIpc) is 2.30. The maximum absolute atomic E-state index is 9.07. The molecule has 0 bridgehead atoms. The molecule has 0 saturated heterocycles. The molecule has 0 aliphatic carbocycles. The molecule has 90 valence electrons. The molecule has 0 fully saturated rings. The Kier molecular flexibility index (Phi) is 4.49. The number of aliphatic hydroxyl groups is 1. The highest BCUT2D eigenvalue weighted by molar-refractivity contribution is 5.56. The molecule has 0 saturated carbocycles. The summed E-state index contributed by atoms with van der Waals surface area (Å²) in [7, 11) is 1.83. The first-order valence-corrected chi connectivity index (χ1v) is 5.46. The van der Waals surface area contributed by atoms with E-state index in [-0.39, 0.29) is 18.6 Å². The van der Waals surface area contributed by atoms with Crippen LogP contribution in [0.15, 0.2) is 6.33 Å². The van der Waals surface area contributed by atoms with E-state index in [2.05, 4.69) is 20.6 Å². The first kappa shape index (κ1) is 12.7. The molecule has 1 aromatic rings. The summed E-state index contributed by atoms with van der Waals surface area (Å²) in [6.07, 6.45) is 1.53. The Morgan fingerprint density at radius 2 is 1.94 bits per heavy atom. The van der Waals surface area contributed by atoms with Crippen molar-refractivity contribution in [2.45, 2.75) is 26.8 Å². The number of nitrogens with zero attached hydrogens (tertiary/aromatic N) is 2. The third kappa shape index (κ3) is 2.82. The molecular formula is C11H20N4O. The van der Waals surface area contributed by atoms with E-state index >= 15 is 0 Å². The summed E-state index contributed by atoms with van der Waals surface area (Å²) in [5.41, 5.74) is 0.988. The number of hydrogen-bond donors (Lipinski definition) is 3. The summed E-state index contributed by atoms with van der Waals surface area (Å²) in [4.78, 5) is 8.32. The van der Waals surface area contributed by atoms with Crippen molar-refractivity contribution in [1.29, 1.82) is 0 Å². The quantitative estimate of drug-likeness (QED) is 0.702. The highest BCUT2D eigenvalue weighted by Crippen LogP contribution is 2.19. The summed E-state index contributed by atoms with van der Waals surface area (Å²) in [5.74, 6) is 1.82. The van der Waals surface area contributed by atoms with Crippen LogP contribution in [0.3, 0.4) is 0 Å². The lowest BCUT2D eigenvalue weighted by atomic mass is 10.1. The van der Waals surface area contributed by atoms with Crippen LogP contribution in [-0.2, 0) is 0 Å². The summed E-state index contributed by atoms with van der Waals surface area (Å²) in [6, 6.07) is 0.170. The van der Waals surface area contributed by atoms with Crippen LogP contribution < -0.4 is 10.6 Å². The van der Waals surface area contributed by atoms with Gasteiger partial charge in [-0.2, -0.15) is 0 Å². The largest absolute Gasteiger partial charge is 0.396 e. The van der Waals surface area contributed by atoms with E-state index < -0.39 is 0 Å². The van der Waals surface area contributed by atoms with Crippen molar-refractivity contribution in [1.82, 2.24) is 9.97 Å². The van der Waals surface area contributed by atoms with Gasteiger partial charge in [0.25, 0.3) is 0 Å². The van der Waals surface area contributed by atoms with Gasteiger partial charge in [0.2, 0.25) is 0 Å². The maximum Gasteiger partial charge on any atom is 0.134 e. The first-order chi connectivity index (χ1) is 7.60. The van der Waals surface area contributed by atoms with Crippen LogP contribution in [0.5, 0.6) is 0 Å². The van der Waals surface area contributed by atoms with Crippen LogP contribution in [0.1, 0.15) is 19.4 Å². The van der Waals surface area contributed by atoms with Gasteiger partial charge in [-0.25, -0.2) is 9.97 Å². The van der Waals surface area contributed by atoms with Gasteiger partial charge in [0, 0.05) is 25.3 Å². The third-order valence-electron chi connectivity index (χ3n) is 2.83. The fourth-order valence-electron chi connectivity index (χ4n) is 1.36. The minimum Gasteiger partial charge on any atom is -0.396 e. The van der Waals surface area contributed by atoms with E-state index in [1.54, 1.807) is 0 Å². The zero-order chi connectivity index (χ0) is 12.1. The number of hydrogen-bond acceptors (Lipinski definition) is 5. The molecule has 3 N–H and O–H groups in total. The minimum absolute atomic E-state index is 0.164. The second-order valence-electron chi connectivity index (χ2n) is 4.04. The summed E-state index contributed by atoms with van der Waals surface area (Å²) >= 11 is 0. The van der Waals surface area contributed by atoms with Gasteiger partial charge in [0.1, 0.15) is 18.0 Å². The number of anilines is 2. The third-order valence-corrected chi connectivity index (χ3v) is 2.83. The predicted molar refractivity (Wildman–Crippen MR) is 65.7 cm³/mol. The van der Waals surface area contributed by atoms with Gasteiger partial charge in [-0.3, -0.25) is 0 Å². The smallest absolute Gasteiger partial charge is 0.134 e. The summed E-state index contributed by atoms with van der Waals surface area (Å²) < 4.78 is 0. The van der Waals surface area contributed by atoms with Gasteiger partial charge in [-0.1, -0.05) is 6.92 Å². The molecule has 1 rings (SSSR count). The zero-order valence-corrected chi connectivity index (χ0v) is 10.3. The molecule has 2 atom stereocenters. The highest BCUT2D eigenvalue weighted by atomic mass is 16.3. The van der Waals surface area contributed by atoms with Gasteiger partial charge in [-0.15, -0.1) is 0 Å². The van der Waals surface area contributed by atoms with Crippen molar-refractivity contribution in [2.24, 2.45) is 5.92 Å². The molecule has 16 heavy (non-hydrogen) atoms. The number of nitrogens with one attached hydrogen (secondary N) is 2. The lowest BCUT2D eigenvalue weighted by Crippen LogP contribution is -2.27. The van der Waals surface area contributed by atoms with Crippen LogP contribution in [0.4, 0.5) is 11.6 Å². The van der Waals surface area contributed by atoms with Gasteiger partial charge in [-0.05, 0) is 19.8 Å². The number of aliphatic hydroxyl groups excluding tert-OH is 1. The average molecular weight is 224 g/mol. The number of rotatable bonds is 5. The Hall–Kier alpha value is -1.36. The molecular weight excluding hydrogens is 204 g/mol. The molecule has 0 aliphatic rings. The lowest BCUT2D eigenvalue weighted by molar-refractivity contribution is 0.226. The molecule has 0 radical (unpaired) electrons. The predicted octanol–water partition coefficient (Wildman–Crippen LogP) is 1.26.